The molecule has 1 amide bonds. The molecule has 1 aromatic heterocycles. The number of nitro groups is 1. The molecule has 1 heterocycles. The van der Waals surface area contributed by atoms with Gasteiger partial charge in [0.15, 0.2) is 10.2 Å². The Morgan fingerprint density at radius 3 is 2.56 bits per heavy atom. The molecule has 0 unspecified atom stereocenters. The lowest BCUT2D eigenvalue weighted by atomic mass is 10.1. The number of aromatic nitrogens is 1. The molecule has 0 spiro atoms. The highest BCUT2D eigenvalue weighted by Gasteiger charge is 2.12. The summed E-state index contributed by atoms with van der Waals surface area (Å²) < 4.78 is 0. The monoisotopic (exact) mass is 535 g/mol. The third kappa shape index (κ3) is 7.11. The lowest BCUT2D eigenvalue weighted by Gasteiger charge is -2.11. The van der Waals surface area contributed by atoms with E-state index in [9.17, 15) is 14.9 Å². The smallest absolute Gasteiger partial charge is 0.270 e. The van der Waals surface area contributed by atoms with Crippen LogP contribution in [0.25, 0.3) is 11.3 Å². The fourth-order valence-electron chi connectivity index (χ4n) is 3.14. The van der Waals surface area contributed by atoms with Crippen LogP contribution in [0.1, 0.15) is 5.56 Å². The Hall–Kier alpha value is -3.80. The van der Waals surface area contributed by atoms with Crippen molar-refractivity contribution in [2.45, 2.75) is 11.8 Å². The zero-order valence-electron chi connectivity index (χ0n) is 19.1. The van der Waals surface area contributed by atoms with E-state index >= 15 is 0 Å². The molecule has 11 heteroatoms. The van der Waals surface area contributed by atoms with Gasteiger partial charge in [0.2, 0.25) is 5.91 Å². The summed E-state index contributed by atoms with van der Waals surface area (Å²) in [6.07, 6.45) is 0. The molecule has 8 nitrogen and oxygen atoms in total. The molecule has 3 aromatic carbocycles. The molecule has 0 aliphatic rings. The first kappa shape index (κ1) is 25.3. The van der Waals surface area contributed by atoms with Gasteiger partial charge in [-0.05, 0) is 49.5 Å². The number of carbonyl (C=O) groups excluding carboxylic acids is 1. The normalized spacial score (nSPS) is 10.5. The Bertz CT molecular complexity index is 1410. The minimum Gasteiger partial charge on any atom is -0.332 e. The van der Waals surface area contributed by atoms with Gasteiger partial charge in [-0.3, -0.25) is 14.9 Å². The van der Waals surface area contributed by atoms with Gasteiger partial charge in [0.25, 0.3) is 5.69 Å². The van der Waals surface area contributed by atoms with E-state index in [2.05, 4.69) is 20.9 Å². The van der Waals surface area contributed by atoms with Gasteiger partial charge in [-0.25, -0.2) is 4.98 Å². The highest BCUT2D eigenvalue weighted by atomic mass is 32.2. The molecule has 0 aliphatic heterocycles. The van der Waals surface area contributed by atoms with Gasteiger partial charge >= 0.3 is 0 Å². The van der Waals surface area contributed by atoms with Gasteiger partial charge in [-0.1, -0.05) is 35.9 Å². The van der Waals surface area contributed by atoms with Crippen molar-refractivity contribution in [2.75, 3.05) is 21.7 Å². The van der Waals surface area contributed by atoms with Crippen molar-refractivity contribution in [3.05, 3.63) is 93.9 Å². The average molecular weight is 536 g/mol. The van der Waals surface area contributed by atoms with Crippen LogP contribution in [0.3, 0.4) is 0 Å². The topological polar surface area (TPSA) is 109 Å². The quantitative estimate of drug-likeness (QED) is 0.101. The summed E-state index contributed by atoms with van der Waals surface area (Å²) in [6, 6.07) is 21.8. The van der Waals surface area contributed by atoms with Gasteiger partial charge < -0.3 is 16.0 Å². The fraction of sp³-hybridized carbons (Fsp3) is 0.0800. The van der Waals surface area contributed by atoms with Gasteiger partial charge in [-0.2, -0.15) is 0 Å². The Kier molecular flexibility index (Phi) is 8.26. The summed E-state index contributed by atoms with van der Waals surface area (Å²) in [5.41, 5.74) is 4.06. The number of non-ortho nitro benzene ring substituents is 1. The maximum absolute atomic E-state index is 12.5. The molecule has 0 saturated carbocycles. The number of thiocarbonyl (C=S) groups is 1. The van der Waals surface area contributed by atoms with Crippen molar-refractivity contribution in [3.63, 3.8) is 0 Å². The highest BCUT2D eigenvalue weighted by Crippen LogP contribution is 2.28. The Morgan fingerprint density at radius 1 is 1.03 bits per heavy atom. The SMILES string of the molecule is Cc1ccc(NC(=S)Nc2cccc(SCC(=O)Nc3nc(-c4cccc([N+](=O)[O-])c4)cs3)c2)cc1. The van der Waals surface area contributed by atoms with Gasteiger partial charge in [-0.15, -0.1) is 23.1 Å². The summed E-state index contributed by atoms with van der Waals surface area (Å²) >= 11 is 8.05. The van der Waals surface area contributed by atoms with E-state index in [0.717, 1.165) is 16.3 Å². The van der Waals surface area contributed by atoms with Crippen molar-refractivity contribution in [1.29, 1.82) is 0 Å². The lowest BCUT2D eigenvalue weighted by Crippen LogP contribution is -2.19. The number of nitrogens with one attached hydrogen (secondary N) is 3. The first-order valence-electron chi connectivity index (χ1n) is 10.7. The average Bonchev–Trinajstić information content (AvgIpc) is 3.33. The Balaban J connectivity index is 1.29. The molecule has 0 saturated heterocycles. The van der Waals surface area contributed by atoms with Crippen LogP contribution in [0.2, 0.25) is 0 Å². The Labute approximate surface area is 221 Å². The van der Waals surface area contributed by atoms with E-state index in [1.54, 1.807) is 17.5 Å². The van der Waals surface area contributed by atoms with Crippen molar-refractivity contribution in [2.24, 2.45) is 0 Å². The van der Waals surface area contributed by atoms with E-state index < -0.39 is 4.92 Å². The third-order valence-corrected chi connectivity index (χ3v) is 6.83. The number of benzene rings is 3. The number of aryl methyl sites for hydroxylation is 1. The summed E-state index contributed by atoms with van der Waals surface area (Å²) in [7, 11) is 0. The molecule has 4 aromatic rings. The molecule has 0 atom stereocenters. The zero-order chi connectivity index (χ0) is 25.5. The van der Waals surface area contributed by atoms with Crippen LogP contribution in [-0.2, 0) is 4.79 Å². The van der Waals surface area contributed by atoms with Gasteiger partial charge in [0.1, 0.15) is 0 Å². The van der Waals surface area contributed by atoms with E-state index in [-0.39, 0.29) is 17.3 Å². The number of hydrogen-bond acceptors (Lipinski definition) is 7. The Morgan fingerprint density at radius 2 is 1.78 bits per heavy atom. The van der Waals surface area contributed by atoms with Crippen molar-refractivity contribution in [3.8, 4) is 11.3 Å². The number of amides is 1. The van der Waals surface area contributed by atoms with E-state index in [4.69, 9.17) is 12.2 Å². The number of hydrogen-bond donors (Lipinski definition) is 3. The minimum atomic E-state index is -0.450. The second kappa shape index (κ2) is 11.8. The van der Waals surface area contributed by atoms with Gasteiger partial charge in [0.05, 0.1) is 16.4 Å². The number of thioether (sulfide) groups is 1. The molecule has 4 rings (SSSR count). The maximum atomic E-state index is 12.5. The van der Waals surface area contributed by atoms with Crippen molar-refractivity contribution < 1.29 is 9.72 Å². The predicted octanol–water partition coefficient (Wildman–Crippen LogP) is 6.57. The molecular weight excluding hydrogens is 515 g/mol. The number of carbonyl (C=O) groups is 1. The molecule has 0 bridgehead atoms. The summed E-state index contributed by atoms with van der Waals surface area (Å²) in [5.74, 6) is -0.00353. The van der Waals surface area contributed by atoms with Crippen molar-refractivity contribution in [1.82, 2.24) is 4.98 Å². The number of rotatable bonds is 8. The van der Waals surface area contributed by atoms with Crippen LogP contribution in [-0.4, -0.2) is 26.7 Å². The van der Waals surface area contributed by atoms with Crippen LogP contribution < -0.4 is 16.0 Å². The minimum absolute atomic E-state index is 0.00843. The van der Waals surface area contributed by atoms with Gasteiger partial charge in [0, 0.05) is 39.3 Å². The molecule has 182 valence electrons. The second-order valence-corrected chi connectivity index (χ2v) is 9.97. The molecule has 3 N–H and O–H groups in total. The van der Waals surface area contributed by atoms with Crippen molar-refractivity contribution >= 4 is 68.5 Å². The molecule has 0 fully saturated rings. The number of anilines is 3. The van der Waals surface area contributed by atoms with Crippen LogP contribution >= 0.6 is 35.3 Å². The van der Waals surface area contributed by atoms with Crippen LogP contribution in [0.4, 0.5) is 22.2 Å². The fourth-order valence-corrected chi connectivity index (χ4v) is 4.87. The van der Waals surface area contributed by atoms with E-state index in [1.807, 2.05) is 55.5 Å². The predicted molar refractivity (Wildman–Crippen MR) is 151 cm³/mol. The zero-order valence-corrected chi connectivity index (χ0v) is 21.5. The van der Waals surface area contributed by atoms with E-state index in [0.29, 0.717) is 21.5 Å². The molecule has 36 heavy (non-hydrogen) atoms. The number of nitro benzene ring substituents is 1. The lowest BCUT2D eigenvalue weighted by molar-refractivity contribution is -0.384. The first-order valence-corrected chi connectivity index (χ1v) is 13.0. The standard InChI is InChI=1S/C25H21N5O3S3/c1-16-8-10-18(11-9-16)26-24(34)27-19-5-3-7-21(13-19)35-15-23(31)29-25-28-22(14-36-25)17-4-2-6-20(12-17)30(32)33/h2-14H,15H2,1H3,(H2,26,27,34)(H,28,29,31). The number of nitrogens with zero attached hydrogens (tertiary/aromatic N) is 2. The highest BCUT2D eigenvalue weighted by molar-refractivity contribution is 8.00. The summed E-state index contributed by atoms with van der Waals surface area (Å²) in [6.45, 7) is 2.03. The molecule has 0 aliphatic carbocycles. The van der Waals surface area contributed by atoms with E-state index in [1.165, 1.54) is 40.8 Å². The van der Waals surface area contributed by atoms with Crippen LogP contribution in [0, 0.1) is 17.0 Å². The second-order valence-electron chi connectivity index (χ2n) is 7.66. The van der Waals surface area contributed by atoms with Crippen LogP contribution in [0.5, 0.6) is 0 Å². The first-order chi connectivity index (χ1) is 17.4. The van der Waals surface area contributed by atoms with Crippen LogP contribution in [0.15, 0.2) is 83.1 Å². The molecule has 0 radical (unpaired) electrons. The summed E-state index contributed by atoms with van der Waals surface area (Å²) in [4.78, 5) is 28.3. The summed E-state index contributed by atoms with van der Waals surface area (Å²) in [5, 5.41) is 22.8. The third-order valence-electron chi connectivity index (χ3n) is 4.87. The maximum Gasteiger partial charge on any atom is 0.270 e. The molecular formula is C25H21N5O3S3. The number of thiazole rings is 1. The largest absolute Gasteiger partial charge is 0.332 e.